The van der Waals surface area contributed by atoms with Crippen molar-refractivity contribution in [2.24, 2.45) is 0 Å². The molecule has 0 aromatic rings. The van der Waals surface area contributed by atoms with Gasteiger partial charge in [-0.3, -0.25) is 4.90 Å². The van der Waals surface area contributed by atoms with Crippen molar-refractivity contribution in [3.8, 4) is 0 Å². The smallest absolute Gasteiger partial charge is 0.224 e. The number of aliphatic hydroxyl groups excluding tert-OH is 1. The molecule has 1 aliphatic heterocycles. The van der Waals surface area contributed by atoms with E-state index in [9.17, 15) is 8.42 Å². The van der Waals surface area contributed by atoms with Gasteiger partial charge in [-0.05, 0) is 0 Å². The summed E-state index contributed by atoms with van der Waals surface area (Å²) in [6, 6.07) is 0. The van der Waals surface area contributed by atoms with Gasteiger partial charge in [0.1, 0.15) is 4.66 Å². The molecule has 0 aliphatic carbocycles. The van der Waals surface area contributed by atoms with Crippen LogP contribution < -0.4 is 0 Å². The molecule has 1 heterocycles. The van der Waals surface area contributed by atoms with Gasteiger partial charge >= 0.3 is 0 Å². The average molecular weight is 287 g/mol. The van der Waals surface area contributed by atoms with E-state index in [1.54, 1.807) is 0 Å². The first-order valence-corrected chi connectivity index (χ1v) is 7.20. The molecule has 0 aromatic carbocycles. The van der Waals surface area contributed by atoms with E-state index in [0.717, 1.165) is 0 Å². The second-order valence-electron chi connectivity index (χ2n) is 3.19. The molecule has 1 rings (SSSR count). The van der Waals surface area contributed by atoms with Crippen LogP contribution in [-0.4, -0.2) is 66.7 Å². The summed E-state index contributed by atoms with van der Waals surface area (Å²) < 4.78 is 24.3. The molecule has 0 saturated carbocycles. The Hall–Kier alpha value is 0.310. The lowest BCUT2D eigenvalue weighted by Gasteiger charge is -2.33. The first kappa shape index (κ1) is 12.4. The van der Waals surface area contributed by atoms with Gasteiger partial charge in [-0.15, -0.1) is 0 Å². The van der Waals surface area contributed by atoms with Crippen LogP contribution in [0.3, 0.4) is 0 Å². The van der Waals surface area contributed by atoms with Gasteiger partial charge in [-0.2, -0.15) is 4.31 Å². The number of aliphatic hydroxyl groups is 1. The number of nitrogens with zero attached hydrogens (tertiary/aromatic N) is 2. The van der Waals surface area contributed by atoms with Crippen LogP contribution >= 0.6 is 15.9 Å². The fourth-order valence-electron chi connectivity index (χ4n) is 1.44. The highest BCUT2D eigenvalue weighted by Crippen LogP contribution is 2.09. The fourth-order valence-corrected chi connectivity index (χ4v) is 3.17. The SMILES string of the molecule is O=S(=O)(CBr)N1CCN(CCO)CC1. The van der Waals surface area contributed by atoms with Gasteiger partial charge in [-0.1, -0.05) is 15.9 Å². The van der Waals surface area contributed by atoms with E-state index in [-0.39, 0.29) is 11.3 Å². The molecule has 7 heteroatoms. The molecule has 1 fully saturated rings. The lowest BCUT2D eigenvalue weighted by molar-refractivity contribution is 0.152. The third-order valence-electron chi connectivity index (χ3n) is 2.28. The standard InChI is InChI=1S/C7H15BrN2O3S/c8-7-14(12,13)10-3-1-9(2-4-10)5-6-11/h11H,1-7H2. The Bertz CT molecular complexity index is 262. The highest BCUT2D eigenvalue weighted by atomic mass is 79.9. The molecule has 5 nitrogen and oxygen atoms in total. The van der Waals surface area contributed by atoms with Gasteiger partial charge in [0, 0.05) is 32.7 Å². The lowest BCUT2D eigenvalue weighted by Crippen LogP contribution is -2.49. The van der Waals surface area contributed by atoms with Crippen molar-refractivity contribution < 1.29 is 13.5 Å². The van der Waals surface area contributed by atoms with E-state index in [0.29, 0.717) is 32.7 Å². The molecule has 1 aliphatic rings. The largest absolute Gasteiger partial charge is 0.395 e. The summed E-state index contributed by atoms with van der Waals surface area (Å²) >= 11 is 2.97. The summed E-state index contributed by atoms with van der Waals surface area (Å²) in [6.07, 6.45) is 0. The van der Waals surface area contributed by atoms with Gasteiger partial charge in [-0.25, -0.2) is 8.42 Å². The zero-order valence-electron chi connectivity index (χ0n) is 7.89. The highest BCUT2D eigenvalue weighted by molar-refractivity contribution is 9.10. The van der Waals surface area contributed by atoms with E-state index < -0.39 is 10.0 Å². The molecular formula is C7H15BrN2O3S. The van der Waals surface area contributed by atoms with E-state index in [4.69, 9.17) is 5.11 Å². The Labute approximate surface area is 92.9 Å². The van der Waals surface area contributed by atoms with Crippen molar-refractivity contribution in [2.75, 3.05) is 44.0 Å². The van der Waals surface area contributed by atoms with Crippen LogP contribution in [0.15, 0.2) is 0 Å². The van der Waals surface area contributed by atoms with Crippen LogP contribution in [0, 0.1) is 0 Å². The van der Waals surface area contributed by atoms with E-state index >= 15 is 0 Å². The minimum atomic E-state index is -3.10. The third-order valence-corrected chi connectivity index (χ3v) is 5.44. The Morgan fingerprint density at radius 3 is 2.21 bits per heavy atom. The number of hydrogen-bond donors (Lipinski definition) is 1. The van der Waals surface area contributed by atoms with E-state index in [2.05, 4.69) is 20.8 Å². The van der Waals surface area contributed by atoms with Crippen LogP contribution in [0.1, 0.15) is 0 Å². The van der Waals surface area contributed by atoms with Crippen molar-refractivity contribution in [1.82, 2.24) is 9.21 Å². The number of sulfonamides is 1. The van der Waals surface area contributed by atoms with Gasteiger partial charge in [0.15, 0.2) is 0 Å². The number of piperazine rings is 1. The monoisotopic (exact) mass is 286 g/mol. The van der Waals surface area contributed by atoms with Crippen LogP contribution in [0.25, 0.3) is 0 Å². The number of rotatable bonds is 4. The van der Waals surface area contributed by atoms with Crippen LogP contribution in [-0.2, 0) is 10.0 Å². The molecule has 0 atom stereocenters. The van der Waals surface area contributed by atoms with Gasteiger partial charge in [0.05, 0.1) is 6.61 Å². The van der Waals surface area contributed by atoms with Crippen LogP contribution in [0.5, 0.6) is 0 Å². The Morgan fingerprint density at radius 2 is 1.79 bits per heavy atom. The predicted molar refractivity (Wildman–Crippen MR) is 57.8 cm³/mol. The first-order chi connectivity index (χ1) is 6.60. The molecule has 0 bridgehead atoms. The van der Waals surface area contributed by atoms with Crippen LogP contribution in [0.4, 0.5) is 0 Å². The summed E-state index contributed by atoms with van der Waals surface area (Å²) in [7, 11) is -3.10. The summed E-state index contributed by atoms with van der Waals surface area (Å²) in [5.41, 5.74) is 0. The predicted octanol–water partition coefficient (Wildman–Crippen LogP) is -0.721. The zero-order chi connectivity index (χ0) is 10.6. The maximum atomic E-state index is 11.4. The Kier molecular flexibility index (Phi) is 4.78. The average Bonchev–Trinajstić information content (AvgIpc) is 2.19. The molecule has 84 valence electrons. The minimum Gasteiger partial charge on any atom is -0.395 e. The highest BCUT2D eigenvalue weighted by Gasteiger charge is 2.25. The summed E-state index contributed by atoms with van der Waals surface area (Å²) in [4.78, 5) is 2.06. The lowest BCUT2D eigenvalue weighted by atomic mass is 10.4. The second-order valence-corrected chi connectivity index (χ2v) is 6.46. The number of β-amino-alcohol motifs (C(OH)–C–C–N with tert-alkyl or cyclic N) is 1. The molecule has 14 heavy (non-hydrogen) atoms. The molecule has 0 unspecified atom stereocenters. The third kappa shape index (κ3) is 3.16. The summed E-state index contributed by atoms with van der Waals surface area (Å²) in [5, 5.41) is 8.71. The number of alkyl halides is 1. The van der Waals surface area contributed by atoms with Crippen molar-refractivity contribution in [2.45, 2.75) is 0 Å². The van der Waals surface area contributed by atoms with Crippen molar-refractivity contribution in [1.29, 1.82) is 0 Å². The molecule has 0 amide bonds. The minimum absolute atomic E-state index is 0.0139. The number of halogens is 1. The van der Waals surface area contributed by atoms with Crippen LogP contribution in [0.2, 0.25) is 0 Å². The van der Waals surface area contributed by atoms with Crippen molar-refractivity contribution in [3.63, 3.8) is 0 Å². The van der Waals surface area contributed by atoms with Crippen molar-refractivity contribution in [3.05, 3.63) is 0 Å². The molecular weight excluding hydrogens is 272 g/mol. The number of hydrogen-bond acceptors (Lipinski definition) is 4. The van der Waals surface area contributed by atoms with Gasteiger partial charge in [0.25, 0.3) is 0 Å². The second kappa shape index (κ2) is 5.41. The zero-order valence-corrected chi connectivity index (χ0v) is 10.3. The Balaban J connectivity index is 2.43. The maximum Gasteiger partial charge on any atom is 0.224 e. The fraction of sp³-hybridized carbons (Fsp3) is 1.00. The normalized spacial score (nSPS) is 21.3. The first-order valence-electron chi connectivity index (χ1n) is 4.47. The topological polar surface area (TPSA) is 60.9 Å². The summed E-state index contributed by atoms with van der Waals surface area (Å²) in [5.74, 6) is 0. The summed E-state index contributed by atoms with van der Waals surface area (Å²) in [6.45, 7) is 3.20. The molecule has 1 N–H and O–H groups in total. The van der Waals surface area contributed by atoms with E-state index in [1.807, 2.05) is 0 Å². The Morgan fingerprint density at radius 1 is 1.21 bits per heavy atom. The molecule has 0 radical (unpaired) electrons. The molecule has 0 spiro atoms. The van der Waals surface area contributed by atoms with Gasteiger partial charge < -0.3 is 5.11 Å². The maximum absolute atomic E-state index is 11.4. The quantitative estimate of drug-likeness (QED) is 0.693. The van der Waals surface area contributed by atoms with Crippen molar-refractivity contribution >= 4 is 26.0 Å². The molecule has 0 aromatic heterocycles. The molecule has 1 saturated heterocycles. The van der Waals surface area contributed by atoms with Gasteiger partial charge in [0.2, 0.25) is 10.0 Å². The van der Waals surface area contributed by atoms with E-state index in [1.165, 1.54) is 4.31 Å².